The number of pyridine rings is 1. The second-order valence-electron chi connectivity index (χ2n) is 8.48. The summed E-state index contributed by atoms with van der Waals surface area (Å²) in [5, 5.41) is 8.49. The van der Waals surface area contributed by atoms with Gasteiger partial charge in [0.2, 0.25) is 11.8 Å². The third-order valence-electron chi connectivity index (χ3n) is 6.16. The minimum Gasteiger partial charge on any atom is -0.384 e. The zero-order valence-electron chi connectivity index (χ0n) is 17.6. The smallest absolute Gasteiger partial charge is 0.245 e. The zero-order chi connectivity index (χ0) is 22.7. The van der Waals surface area contributed by atoms with Gasteiger partial charge in [0.15, 0.2) is 0 Å². The number of nitrogen functional groups attached to an aromatic ring is 1. The number of fused-ring (bicyclic) bond motifs is 1. The van der Waals surface area contributed by atoms with E-state index in [2.05, 4.69) is 20.9 Å². The van der Waals surface area contributed by atoms with Crippen LogP contribution in [0.3, 0.4) is 0 Å². The first kappa shape index (κ1) is 22.1. The maximum Gasteiger partial charge on any atom is 0.245 e. The predicted octanol–water partition coefficient (Wildman–Crippen LogP) is 1.58. The molecule has 2 amide bonds. The number of aromatic nitrogens is 1. The Morgan fingerprint density at radius 3 is 2.75 bits per heavy atom. The minimum absolute atomic E-state index is 0.198. The lowest BCUT2D eigenvalue weighted by molar-refractivity contribution is -0.130. The van der Waals surface area contributed by atoms with Crippen LogP contribution in [0.2, 0.25) is 0 Å². The van der Waals surface area contributed by atoms with Crippen LogP contribution in [0.4, 0.5) is 14.6 Å². The lowest BCUT2D eigenvalue weighted by Gasteiger charge is -2.21. The average Bonchev–Trinajstić information content (AvgIpc) is 3.40. The van der Waals surface area contributed by atoms with E-state index in [0.29, 0.717) is 38.0 Å². The van der Waals surface area contributed by atoms with Crippen LogP contribution in [0, 0.1) is 11.7 Å². The number of rotatable bonds is 7. The Labute approximate surface area is 185 Å². The summed E-state index contributed by atoms with van der Waals surface area (Å²) in [6, 6.07) is 7.76. The maximum atomic E-state index is 13.6. The molecule has 7 nitrogen and oxygen atoms in total. The lowest BCUT2D eigenvalue weighted by Crippen LogP contribution is -2.52. The SMILES string of the molecule is Nc1ccc2c(n1)CC[C@H]2NC(=O)[C@H](CF)NC(=O)[C@H]1C[C@H](Cc2ccc(F)cc2)CN1. The Morgan fingerprint density at radius 1 is 1.22 bits per heavy atom. The Kier molecular flexibility index (Phi) is 6.64. The molecule has 0 saturated carbocycles. The van der Waals surface area contributed by atoms with Crippen molar-refractivity contribution >= 4 is 17.6 Å². The molecule has 4 atom stereocenters. The van der Waals surface area contributed by atoms with E-state index in [1.165, 1.54) is 12.1 Å². The molecule has 0 unspecified atom stereocenters. The summed E-state index contributed by atoms with van der Waals surface area (Å²) < 4.78 is 26.7. The molecule has 1 aromatic carbocycles. The Balaban J connectivity index is 1.29. The predicted molar refractivity (Wildman–Crippen MR) is 116 cm³/mol. The zero-order valence-corrected chi connectivity index (χ0v) is 17.6. The molecule has 1 aliphatic carbocycles. The number of alkyl halides is 1. The van der Waals surface area contributed by atoms with E-state index in [-0.39, 0.29) is 17.8 Å². The van der Waals surface area contributed by atoms with Crippen LogP contribution in [-0.2, 0) is 22.4 Å². The van der Waals surface area contributed by atoms with E-state index in [9.17, 15) is 18.4 Å². The molecule has 0 spiro atoms. The number of hydrogen-bond donors (Lipinski definition) is 4. The van der Waals surface area contributed by atoms with Gasteiger partial charge in [-0.3, -0.25) is 9.59 Å². The van der Waals surface area contributed by atoms with E-state index in [1.54, 1.807) is 18.2 Å². The number of anilines is 1. The molecule has 0 radical (unpaired) electrons. The number of aryl methyl sites for hydroxylation is 1. The molecule has 1 aliphatic heterocycles. The summed E-state index contributed by atoms with van der Waals surface area (Å²) in [4.78, 5) is 29.5. The number of nitrogens with zero attached hydrogens (tertiary/aromatic N) is 1. The van der Waals surface area contributed by atoms with Crippen LogP contribution < -0.4 is 21.7 Å². The molecule has 32 heavy (non-hydrogen) atoms. The second kappa shape index (κ2) is 9.60. The van der Waals surface area contributed by atoms with E-state index in [4.69, 9.17) is 5.73 Å². The minimum atomic E-state index is -1.26. The fourth-order valence-electron chi connectivity index (χ4n) is 4.47. The summed E-state index contributed by atoms with van der Waals surface area (Å²) in [6.45, 7) is -0.375. The van der Waals surface area contributed by atoms with Gasteiger partial charge in [0.05, 0.1) is 12.1 Å². The standard InChI is InChI=1S/C23H27F2N5O2/c24-11-20(23(32)29-18-7-6-17-16(18)5-8-21(26)28-17)30-22(31)19-10-14(12-27-19)9-13-1-3-15(25)4-2-13/h1-5,8,14,18-20,27H,6-7,9-12H2,(H2,26,28)(H,29,32)(H,30,31)/t14-,18+,19+,20-/m0/s1. The van der Waals surface area contributed by atoms with Crippen molar-refractivity contribution in [1.82, 2.24) is 20.9 Å². The van der Waals surface area contributed by atoms with Crippen LogP contribution >= 0.6 is 0 Å². The first-order valence-electron chi connectivity index (χ1n) is 10.8. The molecule has 170 valence electrons. The number of carbonyl (C=O) groups excluding carboxylic acids is 2. The van der Waals surface area contributed by atoms with Gasteiger partial charge in [-0.15, -0.1) is 0 Å². The number of nitrogens with one attached hydrogen (secondary N) is 3. The van der Waals surface area contributed by atoms with Gasteiger partial charge in [0, 0.05) is 5.69 Å². The van der Waals surface area contributed by atoms with Crippen molar-refractivity contribution in [2.75, 3.05) is 19.0 Å². The highest BCUT2D eigenvalue weighted by Gasteiger charge is 2.33. The normalized spacial score (nSPS) is 22.9. The second-order valence-corrected chi connectivity index (χ2v) is 8.48. The van der Waals surface area contributed by atoms with Crippen LogP contribution in [0.1, 0.15) is 35.7 Å². The number of amides is 2. The highest BCUT2D eigenvalue weighted by Crippen LogP contribution is 2.30. The monoisotopic (exact) mass is 443 g/mol. The third-order valence-corrected chi connectivity index (χ3v) is 6.16. The van der Waals surface area contributed by atoms with Crippen molar-refractivity contribution in [3.63, 3.8) is 0 Å². The molecule has 2 aromatic rings. The van der Waals surface area contributed by atoms with Gasteiger partial charge in [-0.2, -0.15) is 0 Å². The highest BCUT2D eigenvalue weighted by atomic mass is 19.1. The van der Waals surface area contributed by atoms with Crippen LogP contribution in [0.5, 0.6) is 0 Å². The fraction of sp³-hybridized carbons (Fsp3) is 0.435. The lowest BCUT2D eigenvalue weighted by atomic mass is 9.96. The number of halogens is 2. The van der Waals surface area contributed by atoms with Gasteiger partial charge in [-0.1, -0.05) is 18.2 Å². The number of benzene rings is 1. The van der Waals surface area contributed by atoms with Crippen molar-refractivity contribution in [2.45, 2.75) is 43.8 Å². The van der Waals surface area contributed by atoms with E-state index in [1.807, 2.05) is 6.07 Å². The topological polar surface area (TPSA) is 109 Å². The van der Waals surface area contributed by atoms with E-state index < -0.39 is 30.6 Å². The summed E-state index contributed by atoms with van der Waals surface area (Å²) in [7, 11) is 0. The molecule has 1 aromatic heterocycles. The summed E-state index contributed by atoms with van der Waals surface area (Å²) in [5.74, 6) is -0.621. The van der Waals surface area contributed by atoms with Crippen molar-refractivity contribution in [3.05, 3.63) is 59.0 Å². The van der Waals surface area contributed by atoms with Crippen molar-refractivity contribution in [1.29, 1.82) is 0 Å². The quantitative estimate of drug-likeness (QED) is 0.520. The van der Waals surface area contributed by atoms with Crippen LogP contribution in [0.15, 0.2) is 36.4 Å². The Morgan fingerprint density at radius 2 is 2.00 bits per heavy atom. The van der Waals surface area contributed by atoms with E-state index >= 15 is 0 Å². The van der Waals surface area contributed by atoms with Crippen molar-refractivity contribution in [2.24, 2.45) is 5.92 Å². The third kappa shape index (κ3) is 5.04. The molecule has 0 bridgehead atoms. The molecular formula is C23H27F2N5O2. The van der Waals surface area contributed by atoms with Gasteiger partial charge in [0.25, 0.3) is 0 Å². The molecule has 2 aliphatic rings. The molecular weight excluding hydrogens is 416 g/mol. The average molecular weight is 443 g/mol. The molecule has 1 fully saturated rings. The summed E-state index contributed by atoms with van der Waals surface area (Å²) in [6.07, 6.45) is 2.61. The highest BCUT2D eigenvalue weighted by molar-refractivity contribution is 5.90. The van der Waals surface area contributed by atoms with Gasteiger partial charge in [-0.05, 0) is 67.5 Å². The van der Waals surface area contributed by atoms with Gasteiger partial charge >= 0.3 is 0 Å². The molecule has 2 heterocycles. The first-order valence-corrected chi connectivity index (χ1v) is 10.8. The van der Waals surface area contributed by atoms with Gasteiger partial charge in [-0.25, -0.2) is 13.8 Å². The van der Waals surface area contributed by atoms with Crippen molar-refractivity contribution < 1.29 is 18.4 Å². The van der Waals surface area contributed by atoms with Crippen LogP contribution in [-0.4, -0.2) is 42.1 Å². The largest absolute Gasteiger partial charge is 0.384 e. The molecule has 4 rings (SSSR count). The van der Waals surface area contributed by atoms with Gasteiger partial charge < -0.3 is 21.7 Å². The number of carbonyl (C=O) groups is 2. The van der Waals surface area contributed by atoms with Gasteiger partial charge in [0.1, 0.15) is 24.4 Å². The summed E-state index contributed by atoms with van der Waals surface area (Å²) in [5.41, 5.74) is 8.40. The molecule has 9 heteroatoms. The number of hydrogen-bond acceptors (Lipinski definition) is 5. The van der Waals surface area contributed by atoms with Crippen molar-refractivity contribution in [3.8, 4) is 0 Å². The Bertz CT molecular complexity index is 985. The Hall–Kier alpha value is -3.07. The maximum absolute atomic E-state index is 13.6. The fourth-order valence-corrected chi connectivity index (χ4v) is 4.47. The molecule has 1 saturated heterocycles. The summed E-state index contributed by atoms with van der Waals surface area (Å²) >= 11 is 0. The molecule has 5 N–H and O–H groups in total. The van der Waals surface area contributed by atoms with E-state index in [0.717, 1.165) is 16.8 Å². The number of nitrogens with two attached hydrogens (primary N) is 1. The van der Waals surface area contributed by atoms with Crippen LogP contribution in [0.25, 0.3) is 0 Å². The first-order chi connectivity index (χ1) is 15.4.